The number of H-pyrrole nitrogens is 1. The number of hydrogen-bond acceptors (Lipinski definition) is 4. The van der Waals surface area contributed by atoms with Crippen LogP contribution in [0.2, 0.25) is 0 Å². The lowest BCUT2D eigenvalue weighted by molar-refractivity contribution is -0.131. The minimum Gasteiger partial charge on any atom is -0.337 e. The van der Waals surface area contributed by atoms with Gasteiger partial charge in [-0.15, -0.1) is 0 Å². The molecule has 0 spiro atoms. The molecule has 1 aromatic carbocycles. The molecule has 1 amide bonds. The predicted octanol–water partition coefficient (Wildman–Crippen LogP) is 0.642. The highest BCUT2D eigenvalue weighted by Crippen LogP contribution is 2.05. The molecule has 2 aromatic rings. The Kier molecular flexibility index (Phi) is 4.47. The van der Waals surface area contributed by atoms with Gasteiger partial charge in [0.05, 0.1) is 12.6 Å². The molecule has 20 heavy (non-hydrogen) atoms. The van der Waals surface area contributed by atoms with Gasteiger partial charge in [0.1, 0.15) is 5.82 Å². The predicted molar refractivity (Wildman–Crippen MR) is 75.7 cm³/mol. The highest BCUT2D eigenvalue weighted by molar-refractivity contribution is 5.81. The number of hydrogen-bond donors (Lipinski definition) is 2. The summed E-state index contributed by atoms with van der Waals surface area (Å²) in [5, 5.41) is 6.76. The minimum absolute atomic E-state index is 0.115. The first-order valence-electron chi connectivity index (χ1n) is 6.48. The van der Waals surface area contributed by atoms with Crippen LogP contribution in [-0.2, 0) is 17.8 Å². The van der Waals surface area contributed by atoms with Crippen molar-refractivity contribution in [2.75, 3.05) is 7.05 Å². The Bertz CT molecular complexity index is 566. The summed E-state index contributed by atoms with van der Waals surface area (Å²) >= 11 is 0. The van der Waals surface area contributed by atoms with E-state index in [9.17, 15) is 4.79 Å². The number of aromatic nitrogens is 3. The smallest absolute Gasteiger partial charge is 0.239 e. The van der Waals surface area contributed by atoms with E-state index in [4.69, 9.17) is 5.73 Å². The lowest BCUT2D eigenvalue weighted by Gasteiger charge is -2.20. The number of amides is 1. The summed E-state index contributed by atoms with van der Waals surface area (Å²) in [7, 11) is 1.71. The molecule has 0 fully saturated rings. The fourth-order valence-electron chi connectivity index (χ4n) is 1.99. The Morgan fingerprint density at radius 1 is 1.40 bits per heavy atom. The molecule has 0 aliphatic carbocycles. The van der Waals surface area contributed by atoms with Gasteiger partial charge in [-0.25, -0.2) is 4.98 Å². The number of rotatable bonds is 5. The molecule has 6 heteroatoms. The second-order valence-electron chi connectivity index (χ2n) is 4.83. The fraction of sp³-hybridized carbons (Fsp3) is 0.357. The molecule has 0 radical (unpaired) electrons. The molecular formula is C14H19N5O. The number of nitrogens with two attached hydrogens (primary N) is 1. The lowest BCUT2D eigenvalue weighted by Crippen LogP contribution is -2.42. The topological polar surface area (TPSA) is 87.9 Å². The first-order chi connectivity index (χ1) is 9.56. The Balaban J connectivity index is 1.92. The van der Waals surface area contributed by atoms with Gasteiger partial charge in [0, 0.05) is 7.05 Å². The molecule has 2 rings (SSSR count). The zero-order valence-electron chi connectivity index (χ0n) is 11.7. The Morgan fingerprint density at radius 3 is 2.70 bits per heavy atom. The second kappa shape index (κ2) is 6.29. The summed E-state index contributed by atoms with van der Waals surface area (Å²) in [5.74, 6) is 1.20. The monoisotopic (exact) mass is 273 g/mol. The number of aryl methyl sites for hydroxylation is 1. The Morgan fingerprint density at radius 2 is 2.10 bits per heavy atom. The van der Waals surface area contributed by atoms with Crippen molar-refractivity contribution in [2.24, 2.45) is 5.73 Å². The van der Waals surface area contributed by atoms with Crippen molar-refractivity contribution in [3.05, 3.63) is 47.5 Å². The van der Waals surface area contributed by atoms with Crippen LogP contribution in [0.15, 0.2) is 30.3 Å². The maximum atomic E-state index is 12.2. The lowest BCUT2D eigenvalue weighted by atomic mass is 10.1. The SMILES string of the molecule is Cc1nc(CN(C)C(=O)[C@H](N)Cc2ccccc2)n[nH]1. The van der Waals surface area contributed by atoms with Crippen molar-refractivity contribution in [3.63, 3.8) is 0 Å². The maximum absolute atomic E-state index is 12.2. The van der Waals surface area contributed by atoms with Gasteiger partial charge in [0.2, 0.25) is 5.91 Å². The van der Waals surface area contributed by atoms with E-state index < -0.39 is 6.04 Å². The summed E-state index contributed by atoms with van der Waals surface area (Å²) in [4.78, 5) is 17.9. The summed E-state index contributed by atoms with van der Waals surface area (Å²) in [5.41, 5.74) is 7.02. The maximum Gasteiger partial charge on any atom is 0.239 e. The van der Waals surface area contributed by atoms with E-state index >= 15 is 0 Å². The molecule has 3 N–H and O–H groups in total. The van der Waals surface area contributed by atoms with E-state index in [0.717, 1.165) is 11.4 Å². The average molecular weight is 273 g/mol. The molecule has 0 saturated carbocycles. The van der Waals surface area contributed by atoms with Crippen LogP contribution < -0.4 is 5.73 Å². The van der Waals surface area contributed by atoms with Crippen LogP contribution in [-0.4, -0.2) is 39.1 Å². The van der Waals surface area contributed by atoms with E-state index in [2.05, 4.69) is 15.2 Å². The quantitative estimate of drug-likeness (QED) is 0.837. The first-order valence-corrected chi connectivity index (χ1v) is 6.48. The molecule has 0 unspecified atom stereocenters. The van der Waals surface area contributed by atoms with Gasteiger partial charge in [0.15, 0.2) is 5.82 Å². The molecule has 0 aliphatic heterocycles. The van der Waals surface area contributed by atoms with Crippen LogP contribution in [0.25, 0.3) is 0 Å². The van der Waals surface area contributed by atoms with Crippen LogP contribution in [0.3, 0.4) is 0 Å². The van der Waals surface area contributed by atoms with E-state index in [1.54, 1.807) is 11.9 Å². The fourth-order valence-corrected chi connectivity index (χ4v) is 1.99. The van der Waals surface area contributed by atoms with Crippen LogP contribution in [0.4, 0.5) is 0 Å². The van der Waals surface area contributed by atoms with Gasteiger partial charge in [-0.05, 0) is 18.9 Å². The van der Waals surface area contributed by atoms with Crippen LogP contribution in [0.5, 0.6) is 0 Å². The van der Waals surface area contributed by atoms with Crippen LogP contribution in [0.1, 0.15) is 17.2 Å². The van der Waals surface area contributed by atoms with E-state index in [1.165, 1.54) is 0 Å². The third-order valence-corrected chi connectivity index (χ3v) is 3.01. The van der Waals surface area contributed by atoms with Gasteiger partial charge in [-0.2, -0.15) is 5.10 Å². The zero-order valence-corrected chi connectivity index (χ0v) is 11.7. The summed E-state index contributed by atoms with van der Waals surface area (Å²) in [6, 6.07) is 9.19. The number of benzene rings is 1. The highest BCUT2D eigenvalue weighted by Gasteiger charge is 2.19. The Labute approximate surface area is 118 Å². The number of likely N-dealkylation sites (N-methyl/N-ethyl adjacent to an activating group) is 1. The Hall–Kier alpha value is -2.21. The average Bonchev–Trinajstić information content (AvgIpc) is 2.84. The summed E-state index contributed by atoms with van der Waals surface area (Å²) < 4.78 is 0. The van der Waals surface area contributed by atoms with E-state index in [1.807, 2.05) is 37.3 Å². The van der Waals surface area contributed by atoms with Crippen LogP contribution >= 0.6 is 0 Å². The van der Waals surface area contributed by atoms with Crippen molar-refractivity contribution in [2.45, 2.75) is 25.9 Å². The minimum atomic E-state index is -0.553. The number of nitrogens with one attached hydrogen (secondary N) is 1. The van der Waals surface area contributed by atoms with E-state index in [-0.39, 0.29) is 5.91 Å². The summed E-state index contributed by atoms with van der Waals surface area (Å²) in [6.07, 6.45) is 0.525. The zero-order chi connectivity index (χ0) is 14.5. The molecule has 6 nitrogen and oxygen atoms in total. The first kappa shape index (κ1) is 14.2. The van der Waals surface area contributed by atoms with Crippen molar-refractivity contribution in [1.29, 1.82) is 0 Å². The van der Waals surface area contributed by atoms with Crippen molar-refractivity contribution >= 4 is 5.91 Å². The van der Waals surface area contributed by atoms with Gasteiger partial charge < -0.3 is 10.6 Å². The summed E-state index contributed by atoms with van der Waals surface area (Å²) in [6.45, 7) is 2.17. The van der Waals surface area contributed by atoms with Crippen molar-refractivity contribution in [1.82, 2.24) is 20.1 Å². The number of carbonyl (C=O) groups is 1. The van der Waals surface area contributed by atoms with Gasteiger partial charge >= 0.3 is 0 Å². The van der Waals surface area contributed by atoms with E-state index in [0.29, 0.717) is 18.8 Å². The molecule has 106 valence electrons. The third kappa shape index (κ3) is 3.64. The van der Waals surface area contributed by atoms with Gasteiger partial charge in [0.25, 0.3) is 0 Å². The number of nitrogens with zero attached hydrogens (tertiary/aromatic N) is 3. The van der Waals surface area contributed by atoms with Crippen LogP contribution in [0, 0.1) is 6.92 Å². The standard InChI is InChI=1S/C14H19N5O/c1-10-16-13(18-17-10)9-19(2)14(20)12(15)8-11-6-4-3-5-7-11/h3-7,12H,8-9,15H2,1-2H3,(H,16,17,18)/t12-/m1/s1. The largest absolute Gasteiger partial charge is 0.337 e. The molecule has 1 aromatic heterocycles. The molecule has 1 atom stereocenters. The molecule has 0 aliphatic rings. The number of carbonyl (C=O) groups excluding carboxylic acids is 1. The van der Waals surface area contributed by atoms with Crippen molar-refractivity contribution < 1.29 is 4.79 Å². The molecule has 0 bridgehead atoms. The molecule has 0 saturated heterocycles. The molecule has 1 heterocycles. The highest BCUT2D eigenvalue weighted by atomic mass is 16.2. The normalized spacial score (nSPS) is 12.2. The molecular weight excluding hydrogens is 254 g/mol. The van der Waals surface area contributed by atoms with Gasteiger partial charge in [-0.3, -0.25) is 9.89 Å². The van der Waals surface area contributed by atoms with Crippen molar-refractivity contribution in [3.8, 4) is 0 Å². The second-order valence-corrected chi connectivity index (χ2v) is 4.83. The van der Waals surface area contributed by atoms with Gasteiger partial charge in [-0.1, -0.05) is 30.3 Å². The third-order valence-electron chi connectivity index (χ3n) is 3.01. The number of aromatic amines is 1.